The summed E-state index contributed by atoms with van der Waals surface area (Å²) in [7, 11) is 1.66. The molecule has 0 spiro atoms. The molecule has 0 aliphatic carbocycles. The minimum absolute atomic E-state index is 0.0711. The summed E-state index contributed by atoms with van der Waals surface area (Å²) in [5, 5.41) is 9.36. The summed E-state index contributed by atoms with van der Waals surface area (Å²) < 4.78 is 5.41. The predicted octanol–water partition coefficient (Wildman–Crippen LogP) is 0.641. The Balaban J connectivity index is 2.04. The smallest absolute Gasteiger partial charge is 0.130 e. The van der Waals surface area contributed by atoms with E-state index in [4.69, 9.17) is 10.5 Å². The van der Waals surface area contributed by atoms with Crippen LogP contribution in [0, 0.1) is 0 Å². The Morgan fingerprint density at radius 2 is 2.24 bits per heavy atom. The molecule has 0 amide bonds. The van der Waals surface area contributed by atoms with Crippen molar-refractivity contribution in [1.82, 2.24) is 4.98 Å². The summed E-state index contributed by atoms with van der Waals surface area (Å²) in [4.78, 5) is 6.48. The Morgan fingerprint density at radius 3 is 2.76 bits per heavy atom. The van der Waals surface area contributed by atoms with E-state index >= 15 is 0 Å². The molecule has 5 heteroatoms. The maximum atomic E-state index is 9.36. The van der Waals surface area contributed by atoms with E-state index in [0.29, 0.717) is 0 Å². The van der Waals surface area contributed by atoms with Crippen LogP contribution < -0.4 is 10.6 Å². The van der Waals surface area contributed by atoms with E-state index in [1.807, 2.05) is 6.07 Å². The number of ether oxygens (including phenoxy) is 1. The quantitative estimate of drug-likeness (QED) is 0.807. The van der Waals surface area contributed by atoms with Crippen molar-refractivity contribution in [2.75, 3.05) is 37.4 Å². The number of nitrogens with zero attached hydrogens (tertiary/aromatic N) is 2. The van der Waals surface area contributed by atoms with Crippen LogP contribution >= 0.6 is 0 Å². The van der Waals surface area contributed by atoms with Gasteiger partial charge in [0.25, 0.3) is 0 Å². The number of aliphatic hydroxyl groups excluding tert-OH is 1. The van der Waals surface area contributed by atoms with Crippen molar-refractivity contribution in [1.29, 1.82) is 0 Å². The van der Waals surface area contributed by atoms with Crippen LogP contribution in [-0.2, 0) is 4.74 Å². The lowest BCUT2D eigenvalue weighted by molar-refractivity contribution is -0.0673. The molecule has 5 nitrogen and oxygen atoms in total. The summed E-state index contributed by atoms with van der Waals surface area (Å²) >= 11 is 0. The molecular weight excluding hydrogens is 218 g/mol. The molecule has 1 aromatic rings. The van der Waals surface area contributed by atoms with Gasteiger partial charge in [-0.15, -0.1) is 0 Å². The first-order valence-electron chi connectivity index (χ1n) is 5.82. The van der Waals surface area contributed by atoms with Gasteiger partial charge in [0, 0.05) is 38.1 Å². The summed E-state index contributed by atoms with van der Waals surface area (Å²) in [5.74, 6) is 0.896. The molecular formula is C12H19N3O2. The average molecular weight is 237 g/mol. The maximum absolute atomic E-state index is 9.36. The second kappa shape index (κ2) is 4.89. The first-order chi connectivity index (χ1) is 8.19. The SMILES string of the molecule is COC1(CO)CCN(c2cc(N)ccn2)CC1. The van der Waals surface area contributed by atoms with E-state index in [2.05, 4.69) is 9.88 Å². The zero-order valence-corrected chi connectivity index (χ0v) is 10.1. The summed E-state index contributed by atoms with van der Waals surface area (Å²) in [5.41, 5.74) is 6.08. The minimum Gasteiger partial charge on any atom is -0.399 e. The van der Waals surface area contributed by atoms with Crippen LogP contribution in [0.25, 0.3) is 0 Å². The summed E-state index contributed by atoms with van der Waals surface area (Å²) in [6, 6.07) is 3.65. The fraction of sp³-hybridized carbons (Fsp3) is 0.583. The second-order valence-electron chi connectivity index (χ2n) is 4.48. The number of methoxy groups -OCH3 is 1. The lowest BCUT2D eigenvalue weighted by Crippen LogP contribution is -2.48. The molecule has 0 atom stereocenters. The number of aromatic nitrogens is 1. The highest BCUT2D eigenvalue weighted by molar-refractivity contribution is 5.50. The molecule has 2 heterocycles. The maximum Gasteiger partial charge on any atom is 0.130 e. The lowest BCUT2D eigenvalue weighted by Gasteiger charge is -2.40. The number of pyridine rings is 1. The van der Waals surface area contributed by atoms with Gasteiger partial charge in [0.15, 0.2) is 0 Å². The number of piperidine rings is 1. The van der Waals surface area contributed by atoms with E-state index < -0.39 is 0 Å². The number of nitrogen functional groups attached to an aromatic ring is 1. The van der Waals surface area contributed by atoms with Crippen LogP contribution in [0.2, 0.25) is 0 Å². The Kier molecular flexibility index (Phi) is 3.49. The van der Waals surface area contributed by atoms with Crippen molar-refractivity contribution in [2.24, 2.45) is 0 Å². The number of hydrogen-bond donors (Lipinski definition) is 2. The number of aliphatic hydroxyl groups is 1. The third kappa shape index (κ3) is 2.50. The van der Waals surface area contributed by atoms with E-state index in [1.165, 1.54) is 0 Å². The molecule has 1 aliphatic heterocycles. The molecule has 0 unspecified atom stereocenters. The molecule has 0 radical (unpaired) electrons. The Labute approximate surface area is 101 Å². The average Bonchev–Trinajstić information content (AvgIpc) is 2.39. The van der Waals surface area contributed by atoms with Crippen molar-refractivity contribution in [3.63, 3.8) is 0 Å². The Hall–Kier alpha value is -1.33. The topological polar surface area (TPSA) is 71.6 Å². The summed E-state index contributed by atoms with van der Waals surface area (Å²) in [6.07, 6.45) is 3.32. The first-order valence-corrected chi connectivity index (χ1v) is 5.82. The van der Waals surface area contributed by atoms with Crippen LogP contribution in [0.4, 0.5) is 11.5 Å². The fourth-order valence-electron chi connectivity index (χ4n) is 2.18. The normalized spacial score (nSPS) is 19.3. The second-order valence-corrected chi connectivity index (χ2v) is 4.48. The Bertz CT molecular complexity index is 370. The highest BCUT2D eigenvalue weighted by Gasteiger charge is 2.34. The standard InChI is InChI=1S/C12H19N3O2/c1-17-12(9-16)3-6-15(7-4-12)11-8-10(13)2-5-14-11/h2,5,8,16H,3-4,6-7,9H2,1H3,(H2,13,14). The van der Waals surface area contributed by atoms with Gasteiger partial charge in [-0.25, -0.2) is 4.98 Å². The zero-order chi connectivity index (χ0) is 12.3. The molecule has 94 valence electrons. The van der Waals surface area contributed by atoms with E-state index in [1.54, 1.807) is 19.4 Å². The van der Waals surface area contributed by atoms with Crippen LogP contribution in [0.3, 0.4) is 0 Å². The monoisotopic (exact) mass is 237 g/mol. The van der Waals surface area contributed by atoms with Crippen molar-refractivity contribution in [3.8, 4) is 0 Å². The molecule has 1 saturated heterocycles. The van der Waals surface area contributed by atoms with Gasteiger partial charge in [-0.05, 0) is 18.9 Å². The Morgan fingerprint density at radius 1 is 1.53 bits per heavy atom. The van der Waals surface area contributed by atoms with Crippen LogP contribution in [0.5, 0.6) is 0 Å². The highest BCUT2D eigenvalue weighted by atomic mass is 16.5. The van der Waals surface area contributed by atoms with Gasteiger partial charge < -0.3 is 20.5 Å². The van der Waals surface area contributed by atoms with Gasteiger partial charge in [-0.1, -0.05) is 0 Å². The number of rotatable bonds is 3. The van der Waals surface area contributed by atoms with Gasteiger partial charge in [-0.3, -0.25) is 0 Å². The number of anilines is 2. The van der Waals surface area contributed by atoms with Crippen molar-refractivity contribution < 1.29 is 9.84 Å². The minimum atomic E-state index is -0.378. The highest BCUT2D eigenvalue weighted by Crippen LogP contribution is 2.28. The van der Waals surface area contributed by atoms with Crippen LogP contribution in [-0.4, -0.2) is 42.5 Å². The van der Waals surface area contributed by atoms with Crippen LogP contribution in [0.1, 0.15) is 12.8 Å². The third-order valence-electron chi connectivity index (χ3n) is 3.49. The molecule has 17 heavy (non-hydrogen) atoms. The molecule has 0 bridgehead atoms. The first kappa shape index (κ1) is 12.1. The molecule has 3 N–H and O–H groups in total. The van der Waals surface area contributed by atoms with Crippen LogP contribution in [0.15, 0.2) is 18.3 Å². The zero-order valence-electron chi connectivity index (χ0n) is 10.1. The fourth-order valence-corrected chi connectivity index (χ4v) is 2.18. The molecule has 1 fully saturated rings. The molecule has 2 rings (SSSR count). The number of nitrogens with two attached hydrogens (primary N) is 1. The molecule has 1 aliphatic rings. The van der Waals surface area contributed by atoms with Gasteiger partial charge in [-0.2, -0.15) is 0 Å². The third-order valence-corrected chi connectivity index (χ3v) is 3.49. The number of hydrogen-bond acceptors (Lipinski definition) is 5. The molecule has 0 saturated carbocycles. The van der Waals surface area contributed by atoms with Crippen molar-refractivity contribution in [2.45, 2.75) is 18.4 Å². The van der Waals surface area contributed by atoms with Gasteiger partial charge >= 0.3 is 0 Å². The van der Waals surface area contributed by atoms with Crippen molar-refractivity contribution in [3.05, 3.63) is 18.3 Å². The molecule has 0 aromatic carbocycles. The van der Waals surface area contributed by atoms with E-state index in [0.717, 1.165) is 37.4 Å². The van der Waals surface area contributed by atoms with Gasteiger partial charge in [0.1, 0.15) is 5.82 Å². The summed E-state index contributed by atoms with van der Waals surface area (Å²) in [6.45, 7) is 1.72. The van der Waals surface area contributed by atoms with Gasteiger partial charge in [0.05, 0.1) is 12.2 Å². The lowest BCUT2D eigenvalue weighted by atomic mass is 9.92. The molecule has 1 aromatic heterocycles. The van der Waals surface area contributed by atoms with Crippen molar-refractivity contribution >= 4 is 11.5 Å². The van der Waals surface area contributed by atoms with Gasteiger partial charge in [0.2, 0.25) is 0 Å². The predicted molar refractivity (Wildman–Crippen MR) is 66.9 cm³/mol. The largest absolute Gasteiger partial charge is 0.399 e. The van der Waals surface area contributed by atoms with E-state index in [-0.39, 0.29) is 12.2 Å². The van der Waals surface area contributed by atoms with E-state index in [9.17, 15) is 5.11 Å².